The first-order valence-electron chi connectivity index (χ1n) is 8.27. The van der Waals surface area contributed by atoms with Crippen LogP contribution >= 0.6 is 23.8 Å². The van der Waals surface area contributed by atoms with Crippen LogP contribution in [0.1, 0.15) is 5.56 Å². The first-order chi connectivity index (χ1) is 13.3. The molecule has 0 amide bonds. The van der Waals surface area contributed by atoms with Crippen molar-refractivity contribution < 1.29 is 22.1 Å². The first-order valence-corrected chi connectivity index (χ1v) is 10.2. The third-order valence-corrected chi connectivity index (χ3v) is 6.10. The smallest absolute Gasteiger partial charge is 0.379 e. The van der Waals surface area contributed by atoms with Gasteiger partial charge in [-0.05, 0) is 29.8 Å². The van der Waals surface area contributed by atoms with Gasteiger partial charge in [0.25, 0.3) is 0 Å². The Morgan fingerprint density at radius 3 is 2.39 bits per heavy atom. The number of benzene rings is 2. The number of morpholine rings is 1. The van der Waals surface area contributed by atoms with Gasteiger partial charge in [-0.1, -0.05) is 36.0 Å². The van der Waals surface area contributed by atoms with Crippen molar-refractivity contribution in [3.05, 3.63) is 47.0 Å². The summed E-state index contributed by atoms with van der Waals surface area (Å²) < 4.78 is 60.4. The predicted molar refractivity (Wildman–Crippen MR) is 108 cm³/mol. The molecular formula is C18H16ClF3N2O2S2. The molecule has 2 aromatic rings. The molecule has 1 atom stereocenters. The van der Waals surface area contributed by atoms with Gasteiger partial charge in [-0.15, -0.1) is 0 Å². The standard InChI is InChI=1S/C18H16ClF3N2O2S2/c19-16-10-13(23-11-27)9-15(18(20,21)22)17(16)12-1-3-14(4-2-12)28(25)24-5-7-26-8-6-24/h1-4,9-11H,5-8H2,(H,23,27). The second kappa shape index (κ2) is 8.87. The number of rotatable bonds is 5. The minimum Gasteiger partial charge on any atom is -0.379 e. The molecule has 1 aliphatic heterocycles. The molecular weight excluding hydrogens is 433 g/mol. The third-order valence-electron chi connectivity index (χ3n) is 4.17. The number of nitrogens with one attached hydrogen (secondary N) is 1. The van der Waals surface area contributed by atoms with E-state index in [2.05, 4.69) is 17.5 Å². The molecule has 10 heteroatoms. The SMILES string of the molecule is O=S(c1ccc(-c2c(Cl)cc(NC=S)cc2C(F)(F)F)cc1)N1CCOCC1. The molecule has 1 aliphatic rings. The molecule has 0 bridgehead atoms. The summed E-state index contributed by atoms with van der Waals surface area (Å²) in [5, 5.41) is 2.49. The van der Waals surface area contributed by atoms with E-state index >= 15 is 0 Å². The van der Waals surface area contributed by atoms with Gasteiger partial charge in [0, 0.05) is 24.3 Å². The summed E-state index contributed by atoms with van der Waals surface area (Å²) in [6, 6.07) is 8.45. The molecule has 28 heavy (non-hydrogen) atoms. The highest BCUT2D eigenvalue weighted by atomic mass is 35.5. The Balaban J connectivity index is 1.97. The molecule has 1 heterocycles. The van der Waals surface area contributed by atoms with Crippen molar-refractivity contribution in [2.75, 3.05) is 31.6 Å². The molecule has 0 spiro atoms. The minimum atomic E-state index is -4.60. The number of hydrogen-bond donors (Lipinski definition) is 1. The van der Waals surface area contributed by atoms with Crippen molar-refractivity contribution in [1.82, 2.24) is 4.31 Å². The Bertz CT molecular complexity index is 886. The van der Waals surface area contributed by atoms with E-state index in [0.29, 0.717) is 31.2 Å². The van der Waals surface area contributed by atoms with Crippen LogP contribution in [0.25, 0.3) is 11.1 Å². The zero-order valence-corrected chi connectivity index (χ0v) is 16.9. The van der Waals surface area contributed by atoms with Crippen LogP contribution in [0.2, 0.25) is 5.02 Å². The van der Waals surface area contributed by atoms with E-state index in [1.165, 1.54) is 18.2 Å². The van der Waals surface area contributed by atoms with Gasteiger partial charge in [0.2, 0.25) is 0 Å². The summed E-state index contributed by atoms with van der Waals surface area (Å²) in [5.74, 6) is 0. The Labute approximate surface area is 173 Å². The largest absolute Gasteiger partial charge is 0.417 e. The molecule has 0 aromatic heterocycles. The Hall–Kier alpha value is -1.52. The quantitative estimate of drug-likeness (QED) is 0.670. The summed E-state index contributed by atoms with van der Waals surface area (Å²) in [7, 11) is -1.40. The van der Waals surface area contributed by atoms with E-state index in [9.17, 15) is 17.4 Å². The molecule has 1 fully saturated rings. The van der Waals surface area contributed by atoms with Crippen molar-refractivity contribution >= 4 is 46.0 Å². The van der Waals surface area contributed by atoms with Crippen LogP contribution in [0, 0.1) is 0 Å². The second-order valence-electron chi connectivity index (χ2n) is 5.96. The summed E-state index contributed by atoms with van der Waals surface area (Å²) in [6.45, 7) is 2.06. The second-order valence-corrected chi connectivity index (χ2v) is 8.08. The van der Waals surface area contributed by atoms with E-state index in [-0.39, 0.29) is 21.8 Å². The molecule has 2 aromatic carbocycles. The molecule has 1 unspecified atom stereocenters. The van der Waals surface area contributed by atoms with Crippen molar-refractivity contribution in [3.63, 3.8) is 0 Å². The van der Waals surface area contributed by atoms with Crippen molar-refractivity contribution in [2.24, 2.45) is 0 Å². The number of nitrogens with zero attached hydrogens (tertiary/aromatic N) is 1. The van der Waals surface area contributed by atoms with Gasteiger partial charge in [-0.25, -0.2) is 8.51 Å². The average molecular weight is 449 g/mol. The average Bonchev–Trinajstić information content (AvgIpc) is 2.67. The Kier molecular flexibility index (Phi) is 6.72. The summed E-state index contributed by atoms with van der Waals surface area (Å²) >= 11 is 10.8. The van der Waals surface area contributed by atoms with Gasteiger partial charge in [-0.2, -0.15) is 13.2 Å². The highest BCUT2D eigenvalue weighted by Crippen LogP contribution is 2.43. The molecule has 0 aliphatic carbocycles. The van der Waals surface area contributed by atoms with Gasteiger partial charge in [0.1, 0.15) is 11.0 Å². The molecule has 0 radical (unpaired) electrons. The minimum absolute atomic E-state index is 0.0590. The van der Waals surface area contributed by atoms with Crippen LogP contribution < -0.4 is 5.32 Å². The highest BCUT2D eigenvalue weighted by Gasteiger charge is 2.35. The van der Waals surface area contributed by atoms with Gasteiger partial charge in [-0.3, -0.25) is 0 Å². The van der Waals surface area contributed by atoms with E-state index < -0.39 is 22.7 Å². The van der Waals surface area contributed by atoms with Crippen LogP contribution in [0.3, 0.4) is 0 Å². The Morgan fingerprint density at radius 1 is 1.18 bits per heavy atom. The molecule has 1 N–H and O–H groups in total. The maximum atomic E-state index is 13.6. The van der Waals surface area contributed by atoms with Crippen LogP contribution in [-0.2, 0) is 21.9 Å². The fourth-order valence-electron chi connectivity index (χ4n) is 2.87. The normalized spacial score (nSPS) is 16.6. The van der Waals surface area contributed by atoms with Gasteiger partial charge in [0.15, 0.2) is 0 Å². The lowest BCUT2D eigenvalue weighted by Crippen LogP contribution is -2.37. The third kappa shape index (κ3) is 4.72. The van der Waals surface area contributed by atoms with Crippen LogP contribution in [-0.4, -0.2) is 40.3 Å². The lowest BCUT2D eigenvalue weighted by atomic mass is 9.98. The van der Waals surface area contributed by atoms with Crippen LogP contribution in [0.5, 0.6) is 0 Å². The lowest BCUT2D eigenvalue weighted by molar-refractivity contribution is -0.137. The Morgan fingerprint density at radius 2 is 1.82 bits per heavy atom. The van der Waals surface area contributed by atoms with E-state index in [1.807, 2.05) is 0 Å². The maximum absolute atomic E-state index is 13.6. The number of halogens is 4. The summed E-state index contributed by atoms with van der Waals surface area (Å²) in [6.07, 6.45) is -4.60. The van der Waals surface area contributed by atoms with Gasteiger partial charge < -0.3 is 10.1 Å². The predicted octanol–water partition coefficient (Wildman–Crippen LogP) is 4.75. The zero-order valence-electron chi connectivity index (χ0n) is 14.5. The number of ether oxygens (including phenoxy) is 1. The fraction of sp³-hybridized carbons (Fsp3) is 0.278. The van der Waals surface area contributed by atoms with Crippen molar-refractivity contribution in [3.8, 4) is 11.1 Å². The van der Waals surface area contributed by atoms with Crippen molar-refractivity contribution in [1.29, 1.82) is 0 Å². The van der Waals surface area contributed by atoms with Crippen LogP contribution in [0.4, 0.5) is 18.9 Å². The lowest BCUT2D eigenvalue weighted by Gasteiger charge is -2.25. The fourth-order valence-corrected chi connectivity index (χ4v) is 4.49. The number of alkyl halides is 3. The molecule has 3 rings (SSSR count). The van der Waals surface area contributed by atoms with E-state index in [4.69, 9.17) is 16.3 Å². The monoisotopic (exact) mass is 448 g/mol. The van der Waals surface area contributed by atoms with Crippen molar-refractivity contribution in [2.45, 2.75) is 11.1 Å². The number of thiocarbonyl (C=S) groups is 1. The van der Waals surface area contributed by atoms with E-state index in [1.54, 1.807) is 16.4 Å². The summed E-state index contributed by atoms with van der Waals surface area (Å²) in [4.78, 5) is 0.509. The number of anilines is 1. The number of hydrogen-bond acceptors (Lipinski definition) is 3. The van der Waals surface area contributed by atoms with Gasteiger partial charge in [0.05, 0.1) is 34.2 Å². The van der Waals surface area contributed by atoms with E-state index in [0.717, 1.165) is 11.6 Å². The highest BCUT2D eigenvalue weighted by molar-refractivity contribution is 7.82. The first kappa shape index (κ1) is 21.2. The summed E-state index contributed by atoms with van der Waals surface area (Å²) in [5.41, 5.74) is 0.547. The van der Waals surface area contributed by atoms with Crippen LogP contribution in [0.15, 0.2) is 41.3 Å². The molecule has 4 nitrogen and oxygen atoms in total. The molecule has 150 valence electrons. The molecule has 1 saturated heterocycles. The van der Waals surface area contributed by atoms with Gasteiger partial charge >= 0.3 is 6.18 Å². The molecule has 0 saturated carbocycles. The zero-order chi connectivity index (χ0) is 20.3. The topological polar surface area (TPSA) is 41.6 Å². The maximum Gasteiger partial charge on any atom is 0.417 e.